The van der Waals surface area contributed by atoms with Crippen molar-refractivity contribution in [2.75, 3.05) is 13.7 Å². The third-order valence-electron chi connectivity index (χ3n) is 10.7. The van der Waals surface area contributed by atoms with Crippen LogP contribution in [0.4, 0.5) is 4.39 Å². The number of nitrogens with one attached hydrogen (secondary N) is 1. The Morgan fingerprint density at radius 3 is 2.56 bits per heavy atom. The highest BCUT2D eigenvalue weighted by molar-refractivity contribution is 5.94. The Hall–Kier alpha value is -1.46. The standard InChI is InChI=1S/C29H42FNO3/c1-18(31-27(32)19-4-7-21(30)8-5-19)25-10-11-26-24-9-6-20-16-29(33,17-34-3)15-13-22(20)23(24)12-14-28(25,26)2/h4-5,7-8,18,20,22-26,33H,6,9-17H2,1-3H3,(H,31,32)/t18-,20+,22-,23+,24+,25+,26-,28+,29+/m0/s1. The average Bonchev–Trinajstić information content (AvgIpc) is 3.16. The van der Waals surface area contributed by atoms with Crippen molar-refractivity contribution in [2.24, 2.45) is 40.9 Å². The van der Waals surface area contributed by atoms with Crippen molar-refractivity contribution >= 4 is 5.91 Å². The van der Waals surface area contributed by atoms with E-state index in [1.54, 1.807) is 19.2 Å². The van der Waals surface area contributed by atoms with Gasteiger partial charge in [-0.25, -0.2) is 4.39 Å². The second-order valence-corrected chi connectivity index (χ2v) is 12.3. The van der Waals surface area contributed by atoms with E-state index in [0.29, 0.717) is 24.0 Å². The molecule has 0 radical (unpaired) electrons. The van der Waals surface area contributed by atoms with Crippen LogP contribution >= 0.6 is 0 Å². The fourth-order valence-corrected chi connectivity index (χ4v) is 9.22. The van der Waals surface area contributed by atoms with Gasteiger partial charge in [0.15, 0.2) is 0 Å². The zero-order chi connectivity index (χ0) is 24.1. The third-order valence-corrected chi connectivity index (χ3v) is 10.7. The van der Waals surface area contributed by atoms with Crippen molar-refractivity contribution in [1.29, 1.82) is 0 Å². The molecule has 4 aliphatic carbocycles. The summed E-state index contributed by atoms with van der Waals surface area (Å²) in [6.45, 7) is 5.13. The lowest BCUT2D eigenvalue weighted by Crippen LogP contribution is -2.53. The molecule has 0 heterocycles. The summed E-state index contributed by atoms with van der Waals surface area (Å²) in [6, 6.07) is 5.95. The van der Waals surface area contributed by atoms with Crippen molar-refractivity contribution in [1.82, 2.24) is 5.32 Å². The fourth-order valence-electron chi connectivity index (χ4n) is 9.22. The normalized spacial score (nSPS) is 42.3. The summed E-state index contributed by atoms with van der Waals surface area (Å²) in [5, 5.41) is 14.2. The summed E-state index contributed by atoms with van der Waals surface area (Å²) in [4.78, 5) is 12.8. The molecular formula is C29H42FNO3. The van der Waals surface area contributed by atoms with Crippen LogP contribution in [0.3, 0.4) is 0 Å². The second-order valence-electron chi connectivity index (χ2n) is 12.3. The van der Waals surface area contributed by atoms with E-state index in [1.165, 1.54) is 50.7 Å². The van der Waals surface area contributed by atoms with E-state index in [2.05, 4.69) is 19.2 Å². The van der Waals surface area contributed by atoms with Crippen LogP contribution in [-0.2, 0) is 4.74 Å². The molecule has 0 aliphatic heterocycles. The number of methoxy groups -OCH3 is 1. The highest BCUT2D eigenvalue weighted by atomic mass is 19.1. The Bertz CT molecular complexity index is 890. The molecule has 5 rings (SSSR count). The average molecular weight is 472 g/mol. The molecule has 0 aromatic heterocycles. The van der Waals surface area contributed by atoms with Crippen molar-refractivity contribution in [2.45, 2.75) is 83.3 Å². The van der Waals surface area contributed by atoms with Gasteiger partial charge in [0.25, 0.3) is 5.91 Å². The fraction of sp³-hybridized carbons (Fsp3) is 0.759. The van der Waals surface area contributed by atoms with Gasteiger partial charge in [0.1, 0.15) is 5.82 Å². The van der Waals surface area contributed by atoms with Crippen molar-refractivity contribution in [3.8, 4) is 0 Å². The van der Waals surface area contributed by atoms with Crippen molar-refractivity contribution in [3.05, 3.63) is 35.6 Å². The maximum absolute atomic E-state index is 13.3. The topological polar surface area (TPSA) is 58.6 Å². The van der Waals surface area contributed by atoms with E-state index >= 15 is 0 Å². The Morgan fingerprint density at radius 1 is 1.09 bits per heavy atom. The summed E-state index contributed by atoms with van der Waals surface area (Å²) in [5.41, 5.74) is 0.179. The number of carbonyl (C=O) groups is 1. The van der Waals surface area contributed by atoms with E-state index in [1.807, 2.05) is 0 Å². The van der Waals surface area contributed by atoms with Crippen LogP contribution < -0.4 is 5.32 Å². The van der Waals surface area contributed by atoms with Crippen LogP contribution in [0, 0.1) is 46.7 Å². The van der Waals surface area contributed by atoms with Gasteiger partial charge >= 0.3 is 0 Å². The number of halogens is 1. The van der Waals surface area contributed by atoms with Gasteiger partial charge in [0.2, 0.25) is 0 Å². The maximum atomic E-state index is 13.3. The monoisotopic (exact) mass is 471 g/mol. The predicted octanol–water partition coefficient (Wildman–Crippen LogP) is 5.59. The zero-order valence-corrected chi connectivity index (χ0v) is 21.1. The first-order valence-electron chi connectivity index (χ1n) is 13.5. The van der Waals surface area contributed by atoms with Gasteiger partial charge in [-0.15, -0.1) is 0 Å². The molecule has 9 atom stereocenters. The SMILES string of the molecule is COC[C@@]1(O)CC[C@H]2[C@H](CC[C@@H]3[C@@H]2CC[C@]2(C)[C@@H]([C@H](C)NC(=O)c4ccc(F)cc4)CC[C@@H]32)C1. The largest absolute Gasteiger partial charge is 0.387 e. The number of hydrogen-bond acceptors (Lipinski definition) is 3. The van der Waals surface area contributed by atoms with Crippen LogP contribution in [0.25, 0.3) is 0 Å². The van der Waals surface area contributed by atoms with Crippen molar-refractivity contribution < 1.29 is 19.0 Å². The molecular weight excluding hydrogens is 429 g/mol. The minimum atomic E-state index is -0.622. The summed E-state index contributed by atoms with van der Waals surface area (Å²) in [7, 11) is 1.70. The van der Waals surface area contributed by atoms with Gasteiger partial charge in [-0.3, -0.25) is 4.79 Å². The van der Waals surface area contributed by atoms with Crippen LogP contribution in [0.1, 0.15) is 82.0 Å². The van der Waals surface area contributed by atoms with Crippen LogP contribution in [0.15, 0.2) is 24.3 Å². The molecule has 0 spiro atoms. The number of carbonyl (C=O) groups excluding carboxylic acids is 1. The number of ether oxygens (including phenoxy) is 1. The first-order valence-corrected chi connectivity index (χ1v) is 13.5. The Balaban J connectivity index is 1.25. The number of hydrogen-bond donors (Lipinski definition) is 2. The zero-order valence-electron chi connectivity index (χ0n) is 21.1. The highest BCUT2D eigenvalue weighted by Gasteiger charge is 2.58. The Labute approximate surface area is 204 Å². The van der Waals surface area contributed by atoms with Gasteiger partial charge < -0.3 is 15.2 Å². The van der Waals surface area contributed by atoms with Gasteiger partial charge in [-0.05, 0) is 130 Å². The maximum Gasteiger partial charge on any atom is 0.251 e. The van der Waals surface area contributed by atoms with Gasteiger partial charge in [-0.2, -0.15) is 0 Å². The van der Waals surface area contributed by atoms with Crippen LogP contribution in [0.2, 0.25) is 0 Å². The Morgan fingerprint density at radius 2 is 1.82 bits per heavy atom. The van der Waals surface area contributed by atoms with Crippen molar-refractivity contribution in [3.63, 3.8) is 0 Å². The molecule has 0 saturated heterocycles. The first kappa shape index (κ1) is 24.2. The van der Waals surface area contributed by atoms with Gasteiger partial charge in [0.05, 0.1) is 12.2 Å². The lowest BCUT2D eigenvalue weighted by molar-refractivity contribution is -0.125. The van der Waals surface area contributed by atoms with Crippen LogP contribution in [-0.4, -0.2) is 36.4 Å². The molecule has 1 aromatic carbocycles. The number of fused-ring (bicyclic) bond motifs is 5. The second kappa shape index (κ2) is 9.20. The van der Waals surface area contributed by atoms with Gasteiger partial charge in [-0.1, -0.05) is 6.92 Å². The summed E-state index contributed by atoms with van der Waals surface area (Å²) < 4.78 is 18.6. The minimum absolute atomic E-state index is 0.0977. The molecule has 188 valence electrons. The molecule has 4 fully saturated rings. The molecule has 4 saturated carbocycles. The lowest BCUT2D eigenvalue weighted by Gasteiger charge is -2.57. The van der Waals surface area contributed by atoms with E-state index in [0.717, 1.165) is 42.9 Å². The van der Waals surface area contributed by atoms with E-state index in [-0.39, 0.29) is 23.2 Å². The smallest absolute Gasteiger partial charge is 0.251 e. The first-order chi connectivity index (χ1) is 16.2. The summed E-state index contributed by atoms with van der Waals surface area (Å²) in [5.74, 6) is 3.80. The Kier molecular flexibility index (Phi) is 6.56. The lowest BCUT2D eigenvalue weighted by atomic mass is 9.48. The van der Waals surface area contributed by atoms with Gasteiger partial charge in [0, 0.05) is 18.7 Å². The van der Waals surface area contributed by atoms with E-state index < -0.39 is 5.60 Å². The quantitative estimate of drug-likeness (QED) is 0.589. The molecule has 1 aromatic rings. The molecule has 0 bridgehead atoms. The number of rotatable bonds is 5. The number of benzene rings is 1. The number of aliphatic hydroxyl groups is 1. The van der Waals surface area contributed by atoms with E-state index in [9.17, 15) is 14.3 Å². The van der Waals surface area contributed by atoms with Crippen LogP contribution in [0.5, 0.6) is 0 Å². The molecule has 4 aliphatic rings. The molecule has 1 amide bonds. The molecule has 34 heavy (non-hydrogen) atoms. The predicted molar refractivity (Wildman–Crippen MR) is 131 cm³/mol. The third kappa shape index (κ3) is 4.21. The summed E-state index contributed by atoms with van der Waals surface area (Å²) >= 11 is 0. The van der Waals surface area contributed by atoms with E-state index in [4.69, 9.17) is 4.74 Å². The molecule has 0 unspecified atom stereocenters. The highest BCUT2D eigenvalue weighted by Crippen LogP contribution is 2.65. The molecule has 5 heteroatoms. The summed E-state index contributed by atoms with van der Waals surface area (Å²) in [6.07, 6.45) is 10.4. The number of amides is 1. The minimum Gasteiger partial charge on any atom is -0.387 e. The molecule has 4 nitrogen and oxygen atoms in total. The molecule has 2 N–H and O–H groups in total.